The molecular weight excluding hydrogens is 459 g/mol. The molecule has 1 unspecified atom stereocenters. The fourth-order valence-corrected chi connectivity index (χ4v) is 3.26. The Morgan fingerprint density at radius 2 is 1.68 bits per heavy atom. The lowest BCUT2D eigenvalue weighted by molar-refractivity contribution is -0.139. The van der Waals surface area contributed by atoms with Crippen LogP contribution in [0, 0.1) is 0 Å². The summed E-state index contributed by atoms with van der Waals surface area (Å²) < 4.78 is 45.5. The van der Waals surface area contributed by atoms with Crippen LogP contribution in [0.25, 0.3) is 6.08 Å². The molecule has 1 atom stereocenters. The summed E-state index contributed by atoms with van der Waals surface area (Å²) in [4.78, 5) is 11.7. The Balaban J connectivity index is 2.37. The van der Waals surface area contributed by atoms with Crippen molar-refractivity contribution >= 4 is 58.4 Å². The number of rotatable bonds is 5. The molecule has 0 fully saturated rings. The van der Waals surface area contributed by atoms with Crippen LogP contribution in [0.5, 0.6) is 0 Å². The van der Waals surface area contributed by atoms with E-state index < -0.39 is 18.1 Å². The van der Waals surface area contributed by atoms with Gasteiger partial charge in [-0.3, -0.25) is 0 Å². The Kier molecular flexibility index (Phi) is 7.68. The van der Waals surface area contributed by atoms with Crippen LogP contribution < -0.4 is 0 Å². The maximum absolute atomic E-state index is 13.5. The minimum atomic E-state index is -4.59. The number of alkyl halides is 3. The van der Waals surface area contributed by atoms with Gasteiger partial charge < -0.3 is 4.74 Å². The lowest BCUT2D eigenvalue weighted by Crippen LogP contribution is -2.19. The smallest absolute Gasteiger partial charge is 0.399 e. The van der Waals surface area contributed by atoms with Gasteiger partial charge in [0.25, 0.3) is 0 Å². The van der Waals surface area contributed by atoms with Crippen molar-refractivity contribution in [3.05, 3.63) is 73.2 Å². The van der Waals surface area contributed by atoms with E-state index in [0.29, 0.717) is 5.56 Å². The van der Waals surface area contributed by atoms with Crippen LogP contribution >= 0.6 is 46.4 Å². The molecule has 0 aliphatic carbocycles. The lowest BCUT2D eigenvalue weighted by atomic mass is 9.97. The van der Waals surface area contributed by atoms with Crippen molar-refractivity contribution < 1.29 is 22.7 Å². The average Bonchev–Trinajstić information content (AvgIpc) is 2.58. The maximum Gasteiger partial charge on any atom is 0.399 e. The van der Waals surface area contributed by atoms with E-state index in [1.807, 2.05) is 0 Å². The van der Waals surface area contributed by atoms with Crippen molar-refractivity contribution in [2.75, 3.05) is 6.61 Å². The van der Waals surface area contributed by atoms with Gasteiger partial charge in [0.15, 0.2) is 0 Å². The molecule has 150 valence electrons. The normalized spacial score (nSPS) is 13.0. The second-order valence-electron chi connectivity index (χ2n) is 5.64. The number of carbonyl (C=O) groups excluding carboxylic acids is 1. The van der Waals surface area contributed by atoms with Crippen LogP contribution in [0.3, 0.4) is 0 Å². The molecule has 0 aliphatic rings. The first-order valence-electron chi connectivity index (χ1n) is 7.90. The number of allylic oxidation sites excluding steroid dienone is 1. The van der Waals surface area contributed by atoms with Gasteiger partial charge in [-0.15, -0.1) is 0 Å². The summed E-state index contributed by atoms with van der Waals surface area (Å²) in [5, 5.41) is -0.0950. The highest BCUT2D eigenvalue weighted by Crippen LogP contribution is 2.41. The molecule has 0 bridgehead atoms. The molecule has 9 heteroatoms. The van der Waals surface area contributed by atoms with E-state index in [1.54, 1.807) is 6.92 Å². The number of benzene rings is 2. The first-order valence-corrected chi connectivity index (χ1v) is 9.41. The zero-order chi connectivity index (χ0) is 21.1. The van der Waals surface area contributed by atoms with E-state index in [0.717, 1.165) is 18.2 Å². The van der Waals surface area contributed by atoms with E-state index >= 15 is 0 Å². The quantitative estimate of drug-likeness (QED) is 0.328. The van der Waals surface area contributed by atoms with Crippen molar-refractivity contribution in [1.82, 2.24) is 0 Å². The molecule has 0 spiro atoms. The zero-order valence-electron chi connectivity index (χ0n) is 14.3. The third-order valence-electron chi connectivity index (χ3n) is 3.69. The Morgan fingerprint density at radius 1 is 1.07 bits per heavy atom. The van der Waals surface area contributed by atoms with Gasteiger partial charge >= 0.3 is 12.1 Å². The molecule has 2 nitrogen and oxygen atoms in total. The molecule has 0 saturated heterocycles. The van der Waals surface area contributed by atoms with Crippen LogP contribution in [0.2, 0.25) is 20.1 Å². The Labute approximate surface area is 179 Å². The van der Waals surface area contributed by atoms with E-state index in [9.17, 15) is 18.0 Å². The number of carbonyl (C=O) groups is 1. The van der Waals surface area contributed by atoms with Crippen LogP contribution in [-0.2, 0) is 4.74 Å². The predicted octanol–water partition coefficient (Wildman–Crippen LogP) is 7.84. The molecule has 0 heterocycles. The molecule has 0 amide bonds. The van der Waals surface area contributed by atoms with Gasteiger partial charge in [-0.25, -0.2) is 4.79 Å². The van der Waals surface area contributed by atoms with Gasteiger partial charge in [0.05, 0.1) is 38.2 Å². The minimum Gasteiger partial charge on any atom is -0.462 e. The van der Waals surface area contributed by atoms with Gasteiger partial charge in [-0.05, 0) is 42.3 Å². The van der Waals surface area contributed by atoms with Crippen molar-refractivity contribution in [2.45, 2.75) is 19.0 Å². The predicted molar refractivity (Wildman–Crippen MR) is 107 cm³/mol. The van der Waals surface area contributed by atoms with Crippen molar-refractivity contribution in [1.29, 1.82) is 0 Å². The fraction of sp³-hybridized carbons (Fsp3) is 0.211. The summed E-state index contributed by atoms with van der Waals surface area (Å²) in [6.07, 6.45) is -2.40. The Bertz CT molecular complexity index is 888. The number of ether oxygens (including phenoxy) is 1. The summed E-state index contributed by atoms with van der Waals surface area (Å²) >= 11 is 23.6. The van der Waals surface area contributed by atoms with Gasteiger partial charge in [0, 0.05) is 0 Å². The summed E-state index contributed by atoms with van der Waals surface area (Å²) in [5.41, 5.74) is 0.347. The van der Waals surface area contributed by atoms with Gasteiger partial charge in [0.2, 0.25) is 0 Å². The molecule has 0 N–H and O–H groups in total. The SMILES string of the molecule is CCOC(=O)c1ccc(/C=C/C(c2cc(Cl)c(Cl)c(Cl)c2)C(F)(F)F)cc1Cl. The number of esters is 1. The summed E-state index contributed by atoms with van der Waals surface area (Å²) in [6, 6.07) is 6.46. The highest BCUT2D eigenvalue weighted by molar-refractivity contribution is 6.48. The summed E-state index contributed by atoms with van der Waals surface area (Å²) in [7, 11) is 0. The van der Waals surface area contributed by atoms with Crippen LogP contribution in [-0.4, -0.2) is 18.8 Å². The molecule has 0 saturated carbocycles. The molecular formula is C19H13Cl4F3O2. The summed E-state index contributed by atoms with van der Waals surface area (Å²) in [6.45, 7) is 1.83. The van der Waals surface area contributed by atoms with E-state index in [2.05, 4.69) is 0 Å². The lowest BCUT2D eigenvalue weighted by Gasteiger charge is -2.18. The van der Waals surface area contributed by atoms with Crippen LogP contribution in [0.4, 0.5) is 13.2 Å². The molecule has 2 aromatic carbocycles. The number of hydrogen-bond donors (Lipinski definition) is 0. The van der Waals surface area contributed by atoms with Gasteiger partial charge in [-0.1, -0.05) is 64.6 Å². The van der Waals surface area contributed by atoms with Crippen molar-refractivity contribution in [3.63, 3.8) is 0 Å². The largest absolute Gasteiger partial charge is 0.462 e. The standard InChI is InChI=1S/C19H13Cl4F3O2/c1-2-28-18(27)12-5-3-10(7-14(12)20)4-6-13(19(24,25)26)11-8-15(21)17(23)16(22)9-11/h3-9,13H,2H2,1H3/b6-4+. The second-order valence-corrected chi connectivity index (χ2v) is 7.24. The van der Waals surface area contributed by atoms with E-state index in [1.165, 1.54) is 24.3 Å². The third-order valence-corrected chi connectivity index (χ3v) is 5.20. The Hall–Kier alpha value is -1.40. The molecule has 0 aliphatic heterocycles. The first-order chi connectivity index (χ1) is 13.0. The highest BCUT2D eigenvalue weighted by atomic mass is 35.5. The average molecular weight is 472 g/mol. The van der Waals surface area contributed by atoms with Gasteiger partial charge in [-0.2, -0.15) is 13.2 Å². The highest BCUT2D eigenvalue weighted by Gasteiger charge is 2.39. The zero-order valence-corrected chi connectivity index (χ0v) is 17.3. The number of halogens is 7. The topological polar surface area (TPSA) is 26.3 Å². The monoisotopic (exact) mass is 470 g/mol. The van der Waals surface area contributed by atoms with E-state index in [4.69, 9.17) is 51.1 Å². The molecule has 28 heavy (non-hydrogen) atoms. The first kappa shape index (κ1) is 22.9. The molecule has 0 aromatic heterocycles. The summed E-state index contributed by atoms with van der Waals surface area (Å²) in [5.74, 6) is -2.58. The fourth-order valence-electron chi connectivity index (χ4n) is 2.38. The van der Waals surface area contributed by atoms with Gasteiger partial charge in [0.1, 0.15) is 0 Å². The van der Waals surface area contributed by atoms with E-state index in [-0.39, 0.29) is 37.8 Å². The Morgan fingerprint density at radius 3 is 2.18 bits per heavy atom. The van der Waals surface area contributed by atoms with Crippen molar-refractivity contribution in [3.8, 4) is 0 Å². The molecule has 2 aromatic rings. The molecule has 0 radical (unpaired) electrons. The second kappa shape index (κ2) is 9.40. The minimum absolute atomic E-state index is 0.0154. The molecule has 2 rings (SSSR count). The van der Waals surface area contributed by atoms with Crippen molar-refractivity contribution in [2.24, 2.45) is 0 Å². The third kappa shape index (κ3) is 5.57. The maximum atomic E-state index is 13.5. The number of hydrogen-bond acceptors (Lipinski definition) is 2. The van der Waals surface area contributed by atoms with Crippen LogP contribution in [0.15, 0.2) is 36.4 Å². The van der Waals surface area contributed by atoms with Crippen LogP contribution in [0.1, 0.15) is 34.3 Å².